The van der Waals surface area contributed by atoms with Crippen LogP contribution in [-0.4, -0.2) is 18.6 Å². The second kappa shape index (κ2) is 6.19. The number of rotatable bonds is 6. The Kier molecular flexibility index (Phi) is 4.77. The fourth-order valence-corrected chi connectivity index (χ4v) is 5.06. The van der Waals surface area contributed by atoms with Crippen LogP contribution in [-0.2, 0) is 22.9 Å². The van der Waals surface area contributed by atoms with E-state index in [0.717, 1.165) is 22.7 Å². The van der Waals surface area contributed by atoms with E-state index in [-0.39, 0.29) is 0 Å². The van der Waals surface area contributed by atoms with E-state index in [1.165, 1.54) is 22.7 Å². The van der Waals surface area contributed by atoms with Gasteiger partial charge in [-0.1, -0.05) is 32.1 Å². The molecule has 2 aromatic rings. The average molecular weight is 331 g/mol. The normalized spacial score (nSPS) is 12.0. The molecule has 0 radical (unpaired) electrons. The lowest BCUT2D eigenvalue weighted by molar-refractivity contribution is 0.603. The van der Waals surface area contributed by atoms with E-state index < -0.39 is 10.0 Å². The fraction of sp³-hybridized carbons (Fsp3) is 0.500. The molecule has 8 heteroatoms. The Morgan fingerprint density at radius 2 is 2.00 bits per heavy atom. The van der Waals surface area contributed by atoms with Crippen molar-refractivity contribution in [3.05, 3.63) is 22.0 Å². The predicted molar refractivity (Wildman–Crippen MR) is 83.0 cm³/mol. The molecule has 0 saturated carbocycles. The van der Waals surface area contributed by atoms with Crippen molar-refractivity contribution in [1.82, 2.24) is 10.2 Å². The highest BCUT2D eigenvalue weighted by Gasteiger charge is 2.19. The van der Waals surface area contributed by atoms with Gasteiger partial charge in [-0.2, -0.15) is 0 Å². The molecule has 0 aliphatic carbocycles. The SMILES string of the molecule is CCc1ccc(S(=O)(=O)Nc2nnc(CC(C)C)s2)s1. The van der Waals surface area contributed by atoms with Crippen LogP contribution in [0.1, 0.15) is 30.7 Å². The minimum Gasteiger partial charge on any atom is -0.253 e. The van der Waals surface area contributed by atoms with E-state index >= 15 is 0 Å². The molecule has 5 nitrogen and oxygen atoms in total. The topological polar surface area (TPSA) is 72.0 Å². The van der Waals surface area contributed by atoms with Gasteiger partial charge in [-0.15, -0.1) is 21.5 Å². The van der Waals surface area contributed by atoms with Crippen LogP contribution in [0.4, 0.5) is 5.13 Å². The zero-order chi connectivity index (χ0) is 14.8. The number of thiophene rings is 1. The summed E-state index contributed by atoms with van der Waals surface area (Å²) < 4.78 is 27.2. The first kappa shape index (κ1) is 15.4. The number of sulfonamides is 1. The van der Waals surface area contributed by atoms with E-state index in [9.17, 15) is 8.42 Å². The quantitative estimate of drug-likeness (QED) is 0.882. The highest BCUT2D eigenvalue weighted by atomic mass is 32.2. The van der Waals surface area contributed by atoms with E-state index in [4.69, 9.17) is 0 Å². The van der Waals surface area contributed by atoms with Crippen molar-refractivity contribution in [2.24, 2.45) is 5.92 Å². The molecule has 0 amide bonds. The summed E-state index contributed by atoms with van der Waals surface area (Å²) in [5.41, 5.74) is 0. The second-order valence-corrected chi connectivity index (χ2v) is 8.92. The summed E-state index contributed by atoms with van der Waals surface area (Å²) in [6, 6.07) is 3.46. The maximum absolute atomic E-state index is 12.2. The molecule has 0 fully saturated rings. The summed E-state index contributed by atoms with van der Waals surface area (Å²) in [4.78, 5) is 1.04. The van der Waals surface area contributed by atoms with Crippen LogP contribution in [0.2, 0.25) is 0 Å². The third-order valence-electron chi connectivity index (χ3n) is 2.52. The lowest BCUT2D eigenvalue weighted by Gasteiger charge is -2.01. The zero-order valence-electron chi connectivity index (χ0n) is 11.6. The number of nitrogens with zero attached hydrogens (tertiary/aromatic N) is 2. The Morgan fingerprint density at radius 3 is 2.60 bits per heavy atom. The fourth-order valence-electron chi connectivity index (χ4n) is 1.58. The first-order valence-electron chi connectivity index (χ1n) is 6.34. The predicted octanol–water partition coefficient (Wildman–Crippen LogP) is 3.16. The Balaban J connectivity index is 2.13. The molecule has 110 valence electrons. The molecule has 2 heterocycles. The highest BCUT2D eigenvalue weighted by Crippen LogP contribution is 2.26. The monoisotopic (exact) mass is 331 g/mol. The number of nitrogens with one attached hydrogen (secondary N) is 1. The van der Waals surface area contributed by atoms with Gasteiger partial charge < -0.3 is 0 Å². The van der Waals surface area contributed by atoms with Gasteiger partial charge in [0.2, 0.25) is 5.13 Å². The van der Waals surface area contributed by atoms with E-state index in [1.54, 1.807) is 6.07 Å². The minimum absolute atomic E-state index is 0.315. The number of aromatic nitrogens is 2. The number of hydrogen-bond acceptors (Lipinski definition) is 6. The maximum Gasteiger partial charge on any atom is 0.273 e. The summed E-state index contributed by atoms with van der Waals surface area (Å²) in [6.07, 6.45) is 1.63. The van der Waals surface area contributed by atoms with Gasteiger partial charge in [-0.05, 0) is 24.5 Å². The molecule has 2 rings (SSSR count). The van der Waals surface area contributed by atoms with Gasteiger partial charge in [-0.25, -0.2) is 8.42 Å². The molecule has 1 N–H and O–H groups in total. The van der Waals surface area contributed by atoms with Crippen molar-refractivity contribution in [1.29, 1.82) is 0 Å². The molecule has 0 aromatic carbocycles. The molecule has 0 saturated heterocycles. The van der Waals surface area contributed by atoms with Gasteiger partial charge >= 0.3 is 0 Å². The van der Waals surface area contributed by atoms with Crippen LogP contribution < -0.4 is 4.72 Å². The molecule has 20 heavy (non-hydrogen) atoms. The Labute approximate surface area is 127 Å². The van der Waals surface area contributed by atoms with Crippen LogP contribution >= 0.6 is 22.7 Å². The van der Waals surface area contributed by atoms with Crippen LogP contribution in [0.15, 0.2) is 16.3 Å². The van der Waals surface area contributed by atoms with Gasteiger partial charge in [0.25, 0.3) is 10.0 Å². The molecular formula is C12H17N3O2S3. The molecule has 0 aliphatic rings. The van der Waals surface area contributed by atoms with Gasteiger partial charge in [0.1, 0.15) is 9.22 Å². The molecular weight excluding hydrogens is 314 g/mol. The highest BCUT2D eigenvalue weighted by molar-refractivity contribution is 7.94. The van der Waals surface area contributed by atoms with Crippen molar-refractivity contribution in [2.75, 3.05) is 4.72 Å². The first-order valence-corrected chi connectivity index (χ1v) is 9.46. The lowest BCUT2D eigenvalue weighted by Crippen LogP contribution is -2.11. The van der Waals surface area contributed by atoms with Gasteiger partial charge in [0.15, 0.2) is 0 Å². The van der Waals surface area contributed by atoms with Crippen molar-refractivity contribution in [2.45, 2.75) is 37.8 Å². The molecule has 0 atom stereocenters. The van der Waals surface area contributed by atoms with Crippen LogP contribution in [0, 0.1) is 5.92 Å². The van der Waals surface area contributed by atoms with Gasteiger partial charge in [-0.3, -0.25) is 4.72 Å². The van der Waals surface area contributed by atoms with Crippen LogP contribution in [0.25, 0.3) is 0 Å². The molecule has 0 bridgehead atoms. The largest absolute Gasteiger partial charge is 0.273 e. The molecule has 0 unspecified atom stereocenters. The van der Waals surface area contributed by atoms with Crippen molar-refractivity contribution in [3.63, 3.8) is 0 Å². The van der Waals surface area contributed by atoms with Crippen LogP contribution in [0.5, 0.6) is 0 Å². The summed E-state index contributed by atoms with van der Waals surface area (Å²) in [5, 5.41) is 9.06. The Bertz CT molecular complexity index is 674. The standard InChI is InChI=1S/C12H17N3O2S3/c1-4-9-5-6-11(18-9)20(16,17)15-12-14-13-10(19-12)7-8(2)3/h5-6,8H,4,7H2,1-3H3,(H,14,15). The molecule has 0 spiro atoms. The second-order valence-electron chi connectivity index (χ2n) is 4.78. The smallest absolute Gasteiger partial charge is 0.253 e. The summed E-state index contributed by atoms with van der Waals surface area (Å²) in [5.74, 6) is 0.469. The van der Waals surface area contributed by atoms with E-state index in [0.29, 0.717) is 15.3 Å². The van der Waals surface area contributed by atoms with E-state index in [1.807, 2.05) is 13.0 Å². The van der Waals surface area contributed by atoms with E-state index in [2.05, 4.69) is 28.8 Å². The van der Waals surface area contributed by atoms with Crippen molar-refractivity contribution in [3.8, 4) is 0 Å². The van der Waals surface area contributed by atoms with Gasteiger partial charge in [0, 0.05) is 11.3 Å². The summed E-state index contributed by atoms with van der Waals surface area (Å²) >= 11 is 2.57. The Morgan fingerprint density at radius 1 is 1.25 bits per heavy atom. The summed E-state index contributed by atoms with van der Waals surface area (Å²) in [6.45, 7) is 6.17. The average Bonchev–Trinajstić information content (AvgIpc) is 2.97. The third-order valence-corrected chi connectivity index (χ3v) is 6.57. The Hall–Kier alpha value is -0.990. The minimum atomic E-state index is -3.54. The third kappa shape index (κ3) is 3.77. The zero-order valence-corrected chi connectivity index (χ0v) is 14.0. The number of hydrogen-bond donors (Lipinski definition) is 1. The summed E-state index contributed by atoms with van der Waals surface area (Å²) in [7, 11) is -3.54. The lowest BCUT2D eigenvalue weighted by atomic mass is 10.1. The molecule has 2 aromatic heterocycles. The van der Waals surface area contributed by atoms with Gasteiger partial charge in [0.05, 0.1) is 0 Å². The van der Waals surface area contributed by atoms with Crippen LogP contribution in [0.3, 0.4) is 0 Å². The first-order chi connectivity index (χ1) is 9.40. The number of anilines is 1. The number of aryl methyl sites for hydroxylation is 1. The van der Waals surface area contributed by atoms with Crippen molar-refractivity contribution < 1.29 is 8.42 Å². The molecule has 0 aliphatic heterocycles. The van der Waals surface area contributed by atoms with Crippen molar-refractivity contribution >= 4 is 37.8 Å². The maximum atomic E-state index is 12.2.